The molecule has 0 radical (unpaired) electrons. The number of carbonyl (C=O) groups is 2. The van der Waals surface area contributed by atoms with Crippen molar-refractivity contribution in [1.82, 2.24) is 19.3 Å². The Morgan fingerprint density at radius 3 is 2.58 bits per heavy atom. The molecule has 1 aromatic rings. The highest BCUT2D eigenvalue weighted by Gasteiger charge is 2.34. The third kappa shape index (κ3) is 4.27. The molecule has 2 saturated heterocycles. The van der Waals surface area contributed by atoms with Crippen LogP contribution in [0.25, 0.3) is 0 Å². The van der Waals surface area contributed by atoms with Crippen molar-refractivity contribution < 1.29 is 14.3 Å². The molecule has 0 aliphatic carbocycles. The van der Waals surface area contributed by atoms with Crippen molar-refractivity contribution in [2.75, 3.05) is 52.4 Å². The molecule has 0 saturated carbocycles. The maximum Gasteiger partial charge on any atom is 0.270 e. The first-order valence-electron chi connectivity index (χ1n) is 9.63. The van der Waals surface area contributed by atoms with E-state index in [0.717, 1.165) is 32.7 Å². The maximum absolute atomic E-state index is 12.8. The third-order valence-electron chi connectivity index (χ3n) is 5.30. The fourth-order valence-corrected chi connectivity index (χ4v) is 3.61. The Kier molecular flexibility index (Phi) is 6.32. The van der Waals surface area contributed by atoms with Crippen LogP contribution >= 0.6 is 0 Å². The van der Waals surface area contributed by atoms with E-state index in [1.54, 1.807) is 4.90 Å². The molecule has 2 fully saturated rings. The first-order chi connectivity index (χ1) is 12.6. The molecule has 0 aromatic carbocycles. The fourth-order valence-electron chi connectivity index (χ4n) is 3.61. The number of rotatable bonds is 5. The van der Waals surface area contributed by atoms with Gasteiger partial charge in [0.15, 0.2) is 6.10 Å². The Morgan fingerprint density at radius 2 is 1.92 bits per heavy atom. The summed E-state index contributed by atoms with van der Waals surface area (Å²) in [6.45, 7) is 7.90. The number of aryl methyl sites for hydroxylation is 1. The minimum absolute atomic E-state index is 0.0181. The minimum atomic E-state index is -0.546. The Bertz CT molecular complexity index is 622. The van der Waals surface area contributed by atoms with Crippen molar-refractivity contribution in [1.29, 1.82) is 0 Å². The molecule has 26 heavy (non-hydrogen) atoms. The topological polar surface area (TPSA) is 58.0 Å². The van der Waals surface area contributed by atoms with Crippen LogP contribution in [0, 0.1) is 0 Å². The van der Waals surface area contributed by atoms with Crippen molar-refractivity contribution in [3.8, 4) is 0 Å². The predicted molar refractivity (Wildman–Crippen MR) is 99.0 cm³/mol. The largest absolute Gasteiger partial charge is 0.365 e. The zero-order valence-corrected chi connectivity index (χ0v) is 15.9. The average Bonchev–Trinajstić information content (AvgIpc) is 3.11. The van der Waals surface area contributed by atoms with Crippen LogP contribution < -0.4 is 0 Å². The maximum atomic E-state index is 12.8. The van der Waals surface area contributed by atoms with Gasteiger partial charge < -0.3 is 19.1 Å². The Labute approximate surface area is 155 Å². The molecular formula is C19H30N4O3. The van der Waals surface area contributed by atoms with E-state index in [9.17, 15) is 9.59 Å². The number of morpholine rings is 1. The number of hydrogen-bond donors (Lipinski definition) is 0. The van der Waals surface area contributed by atoms with Crippen LogP contribution in [0.15, 0.2) is 18.3 Å². The molecule has 7 heteroatoms. The second kappa shape index (κ2) is 8.68. The molecule has 0 bridgehead atoms. The first kappa shape index (κ1) is 18.9. The highest BCUT2D eigenvalue weighted by Crippen LogP contribution is 2.14. The highest BCUT2D eigenvalue weighted by molar-refractivity contribution is 5.93. The lowest BCUT2D eigenvalue weighted by atomic mass is 10.2. The molecule has 3 heterocycles. The van der Waals surface area contributed by atoms with Gasteiger partial charge in [-0.05, 0) is 25.1 Å². The van der Waals surface area contributed by atoms with Gasteiger partial charge in [-0.25, -0.2) is 0 Å². The zero-order valence-electron chi connectivity index (χ0n) is 15.9. The molecule has 2 aliphatic heterocycles. The fraction of sp³-hybridized carbons (Fsp3) is 0.684. The van der Waals surface area contributed by atoms with Gasteiger partial charge in [0.1, 0.15) is 5.69 Å². The highest BCUT2D eigenvalue weighted by atomic mass is 16.5. The predicted octanol–water partition coefficient (Wildman–Crippen LogP) is 0.810. The number of nitrogens with zero attached hydrogens (tertiary/aromatic N) is 4. The summed E-state index contributed by atoms with van der Waals surface area (Å²) in [6.07, 6.45) is 3.71. The molecule has 2 amide bonds. The van der Waals surface area contributed by atoms with Crippen molar-refractivity contribution in [2.24, 2.45) is 7.05 Å². The van der Waals surface area contributed by atoms with Crippen LogP contribution in [0.2, 0.25) is 0 Å². The summed E-state index contributed by atoms with van der Waals surface area (Å²) in [5.74, 6) is -0.0208. The second-order valence-corrected chi connectivity index (χ2v) is 7.14. The number of hydrogen-bond acceptors (Lipinski definition) is 4. The molecule has 1 aromatic heterocycles. The third-order valence-corrected chi connectivity index (χ3v) is 5.30. The number of amides is 2. The number of piperazine rings is 1. The van der Waals surface area contributed by atoms with Crippen molar-refractivity contribution in [3.63, 3.8) is 0 Å². The Hall–Kier alpha value is -1.86. The molecule has 2 aliphatic rings. The molecule has 1 atom stereocenters. The summed E-state index contributed by atoms with van der Waals surface area (Å²) in [5, 5.41) is 0. The van der Waals surface area contributed by atoms with Crippen LogP contribution in [-0.4, -0.2) is 89.6 Å². The number of aromatic nitrogens is 1. The lowest BCUT2D eigenvalue weighted by molar-refractivity contribution is -0.149. The van der Waals surface area contributed by atoms with Gasteiger partial charge in [0.25, 0.3) is 11.8 Å². The van der Waals surface area contributed by atoms with Crippen molar-refractivity contribution in [2.45, 2.75) is 25.9 Å². The van der Waals surface area contributed by atoms with Crippen LogP contribution in [0.4, 0.5) is 0 Å². The van der Waals surface area contributed by atoms with Gasteiger partial charge in [-0.1, -0.05) is 13.3 Å². The lowest BCUT2D eigenvalue weighted by Gasteiger charge is -2.38. The number of unbranched alkanes of at least 4 members (excludes halogenated alkanes) is 1. The normalized spacial score (nSPS) is 21.8. The van der Waals surface area contributed by atoms with Gasteiger partial charge in [-0.2, -0.15) is 0 Å². The van der Waals surface area contributed by atoms with Gasteiger partial charge in [0, 0.05) is 46.0 Å². The van der Waals surface area contributed by atoms with Gasteiger partial charge in [0.2, 0.25) is 0 Å². The molecule has 7 nitrogen and oxygen atoms in total. The van der Waals surface area contributed by atoms with E-state index in [4.69, 9.17) is 4.74 Å². The summed E-state index contributed by atoms with van der Waals surface area (Å²) in [7, 11) is 1.86. The van der Waals surface area contributed by atoms with Crippen molar-refractivity contribution in [3.05, 3.63) is 24.0 Å². The van der Waals surface area contributed by atoms with Crippen LogP contribution in [0.5, 0.6) is 0 Å². The molecule has 0 unspecified atom stereocenters. The number of carbonyl (C=O) groups excluding carboxylic acids is 2. The minimum Gasteiger partial charge on any atom is -0.365 e. The van der Waals surface area contributed by atoms with Gasteiger partial charge >= 0.3 is 0 Å². The van der Waals surface area contributed by atoms with E-state index in [1.165, 1.54) is 12.8 Å². The van der Waals surface area contributed by atoms with Crippen LogP contribution in [-0.2, 0) is 16.6 Å². The summed E-state index contributed by atoms with van der Waals surface area (Å²) >= 11 is 0. The van der Waals surface area contributed by atoms with E-state index in [1.807, 2.05) is 34.8 Å². The second-order valence-electron chi connectivity index (χ2n) is 7.14. The SMILES string of the molecule is CCCCN1CCN(C(=O)[C@H]2CN(C(=O)c3cccn3C)CCO2)CC1. The van der Waals surface area contributed by atoms with E-state index < -0.39 is 6.10 Å². The quantitative estimate of drug-likeness (QED) is 0.778. The number of ether oxygens (including phenoxy) is 1. The summed E-state index contributed by atoms with van der Waals surface area (Å²) < 4.78 is 7.52. The monoisotopic (exact) mass is 362 g/mol. The average molecular weight is 362 g/mol. The van der Waals surface area contributed by atoms with Gasteiger partial charge in [-0.3, -0.25) is 14.5 Å². The lowest BCUT2D eigenvalue weighted by Crippen LogP contribution is -2.56. The van der Waals surface area contributed by atoms with E-state index in [2.05, 4.69) is 11.8 Å². The standard InChI is InChI=1S/C19H30N4O3/c1-3-4-8-21-9-11-22(12-10-21)19(25)17-15-23(13-14-26-17)18(24)16-6-5-7-20(16)2/h5-7,17H,3-4,8-15H2,1-2H3/t17-/m1/s1. The van der Waals surface area contributed by atoms with Crippen molar-refractivity contribution >= 4 is 11.8 Å². The van der Waals surface area contributed by atoms with Gasteiger partial charge in [-0.15, -0.1) is 0 Å². The molecule has 3 rings (SSSR count). The van der Waals surface area contributed by atoms with E-state index >= 15 is 0 Å². The molecule has 144 valence electrons. The van der Waals surface area contributed by atoms with Crippen LogP contribution in [0.3, 0.4) is 0 Å². The first-order valence-corrected chi connectivity index (χ1v) is 9.63. The summed E-state index contributed by atoms with van der Waals surface area (Å²) in [5.41, 5.74) is 0.641. The summed E-state index contributed by atoms with van der Waals surface area (Å²) in [4.78, 5) is 31.6. The molecule has 0 spiro atoms. The molecule has 0 N–H and O–H groups in total. The molecular weight excluding hydrogens is 332 g/mol. The Morgan fingerprint density at radius 1 is 1.15 bits per heavy atom. The Balaban J connectivity index is 1.54. The smallest absolute Gasteiger partial charge is 0.270 e. The van der Waals surface area contributed by atoms with E-state index in [0.29, 0.717) is 25.4 Å². The van der Waals surface area contributed by atoms with Gasteiger partial charge in [0.05, 0.1) is 13.2 Å². The summed E-state index contributed by atoms with van der Waals surface area (Å²) in [6, 6.07) is 3.67. The van der Waals surface area contributed by atoms with E-state index in [-0.39, 0.29) is 11.8 Å². The van der Waals surface area contributed by atoms with Crippen LogP contribution in [0.1, 0.15) is 30.3 Å². The zero-order chi connectivity index (χ0) is 18.5.